The molecule has 0 bridgehead atoms. The highest BCUT2D eigenvalue weighted by atomic mass is 35.5. The molecule has 1 atom stereocenters. The number of rotatable bonds is 6. The van der Waals surface area contributed by atoms with Crippen molar-refractivity contribution in [2.45, 2.75) is 25.8 Å². The lowest BCUT2D eigenvalue weighted by atomic mass is 10.0. The van der Waals surface area contributed by atoms with Gasteiger partial charge < -0.3 is 20.3 Å². The van der Waals surface area contributed by atoms with E-state index in [2.05, 4.69) is 15.7 Å². The van der Waals surface area contributed by atoms with Gasteiger partial charge in [-0.1, -0.05) is 0 Å². The van der Waals surface area contributed by atoms with E-state index < -0.39 is 0 Å². The van der Waals surface area contributed by atoms with Crippen molar-refractivity contribution in [1.29, 1.82) is 0 Å². The highest BCUT2D eigenvalue weighted by Crippen LogP contribution is 2.15. The lowest BCUT2D eigenvalue weighted by Crippen LogP contribution is -2.42. The molecule has 1 unspecified atom stereocenters. The summed E-state index contributed by atoms with van der Waals surface area (Å²) in [6.45, 7) is 4.67. The molecule has 0 aliphatic carbocycles. The van der Waals surface area contributed by atoms with Crippen LogP contribution in [0.1, 0.15) is 19.3 Å². The number of carbonyl (C=O) groups is 2. The third kappa shape index (κ3) is 5.98. The molecule has 2 amide bonds. The number of anilines is 1. The second-order valence-corrected chi connectivity index (χ2v) is 6.37. The average molecular weight is 372 g/mol. The molecule has 0 saturated carbocycles. The zero-order chi connectivity index (χ0) is 16.8. The summed E-state index contributed by atoms with van der Waals surface area (Å²) in [7, 11) is 0. The van der Waals surface area contributed by atoms with Crippen LogP contribution in [-0.4, -0.2) is 65.9 Å². The quantitative estimate of drug-likeness (QED) is 0.759. The van der Waals surface area contributed by atoms with E-state index in [1.165, 1.54) is 0 Å². The number of morpholine rings is 1. The minimum Gasteiger partial charge on any atom is -0.378 e. The summed E-state index contributed by atoms with van der Waals surface area (Å²) in [5.74, 6) is 0.624. The third-order valence-electron chi connectivity index (χ3n) is 4.52. The van der Waals surface area contributed by atoms with Crippen molar-refractivity contribution >= 4 is 29.9 Å². The van der Waals surface area contributed by atoms with Gasteiger partial charge in [-0.3, -0.25) is 14.3 Å². The van der Waals surface area contributed by atoms with Gasteiger partial charge in [-0.05, 0) is 31.8 Å². The molecular weight excluding hydrogens is 346 g/mol. The molecular formula is C16H26ClN5O3. The zero-order valence-corrected chi connectivity index (χ0v) is 15.1. The van der Waals surface area contributed by atoms with Crippen LogP contribution < -0.4 is 10.6 Å². The molecule has 0 aromatic carbocycles. The molecule has 9 heteroatoms. The molecule has 2 aliphatic rings. The first-order valence-corrected chi connectivity index (χ1v) is 8.59. The fourth-order valence-electron chi connectivity index (χ4n) is 3.09. The second kappa shape index (κ2) is 9.74. The predicted molar refractivity (Wildman–Crippen MR) is 95.7 cm³/mol. The molecule has 1 aromatic heterocycles. The molecule has 25 heavy (non-hydrogen) atoms. The van der Waals surface area contributed by atoms with Crippen LogP contribution in [0.2, 0.25) is 0 Å². The summed E-state index contributed by atoms with van der Waals surface area (Å²) in [6, 6.07) is 0. The van der Waals surface area contributed by atoms with Crippen molar-refractivity contribution in [2.24, 2.45) is 5.92 Å². The van der Waals surface area contributed by atoms with Crippen LogP contribution in [0.15, 0.2) is 12.4 Å². The molecule has 8 nitrogen and oxygen atoms in total. The van der Waals surface area contributed by atoms with Crippen molar-refractivity contribution in [3.8, 4) is 0 Å². The van der Waals surface area contributed by atoms with Crippen molar-refractivity contribution < 1.29 is 14.3 Å². The minimum absolute atomic E-state index is 0. The van der Waals surface area contributed by atoms with Gasteiger partial charge in [0.05, 0.1) is 25.1 Å². The molecule has 3 heterocycles. The zero-order valence-electron chi connectivity index (χ0n) is 14.3. The van der Waals surface area contributed by atoms with Gasteiger partial charge in [-0.2, -0.15) is 5.10 Å². The van der Waals surface area contributed by atoms with Crippen molar-refractivity contribution in [3.63, 3.8) is 0 Å². The van der Waals surface area contributed by atoms with E-state index in [9.17, 15) is 9.59 Å². The Kier molecular flexibility index (Phi) is 7.67. The van der Waals surface area contributed by atoms with Gasteiger partial charge in [0.25, 0.3) is 0 Å². The maximum absolute atomic E-state index is 12.2. The first-order chi connectivity index (χ1) is 11.7. The smallest absolute Gasteiger partial charge is 0.244 e. The first kappa shape index (κ1) is 19.7. The summed E-state index contributed by atoms with van der Waals surface area (Å²) in [5.41, 5.74) is 0.638. The van der Waals surface area contributed by atoms with Crippen molar-refractivity contribution in [3.05, 3.63) is 12.4 Å². The van der Waals surface area contributed by atoms with Crippen LogP contribution in [-0.2, 0) is 20.9 Å². The summed E-state index contributed by atoms with van der Waals surface area (Å²) >= 11 is 0. The minimum atomic E-state index is 0. The second-order valence-electron chi connectivity index (χ2n) is 6.37. The Hall–Kier alpha value is -1.64. The number of amides is 2. The van der Waals surface area contributed by atoms with Crippen LogP contribution in [0.25, 0.3) is 0 Å². The van der Waals surface area contributed by atoms with Crippen molar-refractivity contribution in [2.75, 3.05) is 44.7 Å². The standard InChI is InChI=1S/C16H25N5O3.ClH/c22-15(2-1-13-3-4-17-9-13)19-14-10-18-21(11-14)12-16(23)20-5-7-24-8-6-20;/h10-11,13,17H,1-9,12H2,(H,19,22);1H. The molecule has 2 N–H and O–H groups in total. The van der Waals surface area contributed by atoms with E-state index in [1.54, 1.807) is 22.0 Å². The fourth-order valence-corrected chi connectivity index (χ4v) is 3.09. The Morgan fingerprint density at radius 2 is 2.16 bits per heavy atom. The molecule has 140 valence electrons. The van der Waals surface area contributed by atoms with Gasteiger partial charge in [0, 0.05) is 25.7 Å². The van der Waals surface area contributed by atoms with E-state index in [-0.39, 0.29) is 30.8 Å². The number of halogens is 1. The van der Waals surface area contributed by atoms with Gasteiger partial charge in [0.2, 0.25) is 11.8 Å². The predicted octanol–water partition coefficient (Wildman–Crippen LogP) is 0.492. The molecule has 0 spiro atoms. The lowest BCUT2D eigenvalue weighted by Gasteiger charge is -2.26. The maximum Gasteiger partial charge on any atom is 0.244 e. The summed E-state index contributed by atoms with van der Waals surface area (Å²) < 4.78 is 6.80. The Labute approximate surface area is 153 Å². The van der Waals surface area contributed by atoms with E-state index in [0.29, 0.717) is 44.3 Å². The molecule has 3 rings (SSSR count). The van der Waals surface area contributed by atoms with Gasteiger partial charge in [-0.25, -0.2) is 0 Å². The topological polar surface area (TPSA) is 88.5 Å². The van der Waals surface area contributed by atoms with E-state index in [0.717, 1.165) is 25.9 Å². The molecule has 0 radical (unpaired) electrons. The van der Waals surface area contributed by atoms with Crippen LogP contribution in [0.4, 0.5) is 5.69 Å². The summed E-state index contributed by atoms with van der Waals surface area (Å²) in [6.07, 6.45) is 5.86. The molecule has 1 aromatic rings. The number of carbonyl (C=O) groups excluding carboxylic acids is 2. The normalized spacial score (nSPS) is 20.2. The van der Waals surface area contributed by atoms with Crippen LogP contribution in [0.5, 0.6) is 0 Å². The fraction of sp³-hybridized carbons (Fsp3) is 0.688. The maximum atomic E-state index is 12.2. The number of nitrogens with one attached hydrogen (secondary N) is 2. The van der Waals surface area contributed by atoms with E-state index >= 15 is 0 Å². The van der Waals surface area contributed by atoms with Crippen LogP contribution in [0, 0.1) is 5.92 Å². The van der Waals surface area contributed by atoms with Crippen LogP contribution >= 0.6 is 12.4 Å². The molecule has 2 saturated heterocycles. The number of ether oxygens (including phenoxy) is 1. The molecule has 2 aliphatic heterocycles. The van der Waals surface area contributed by atoms with Crippen molar-refractivity contribution in [1.82, 2.24) is 20.0 Å². The Bertz CT molecular complexity index is 568. The SMILES string of the molecule is Cl.O=C(CCC1CCNC1)Nc1cnn(CC(=O)N2CCOCC2)c1. The van der Waals surface area contributed by atoms with E-state index in [4.69, 9.17) is 4.74 Å². The van der Waals surface area contributed by atoms with Gasteiger partial charge in [-0.15, -0.1) is 12.4 Å². The van der Waals surface area contributed by atoms with Crippen LogP contribution in [0.3, 0.4) is 0 Å². The number of nitrogens with zero attached hydrogens (tertiary/aromatic N) is 3. The monoisotopic (exact) mass is 371 g/mol. The third-order valence-corrected chi connectivity index (χ3v) is 4.52. The Morgan fingerprint density at radius 3 is 2.88 bits per heavy atom. The Morgan fingerprint density at radius 1 is 1.36 bits per heavy atom. The lowest BCUT2D eigenvalue weighted by molar-refractivity contribution is -0.136. The number of aromatic nitrogens is 2. The highest BCUT2D eigenvalue weighted by molar-refractivity contribution is 5.90. The van der Waals surface area contributed by atoms with Gasteiger partial charge in [0.1, 0.15) is 6.54 Å². The van der Waals surface area contributed by atoms with E-state index in [1.807, 2.05) is 0 Å². The summed E-state index contributed by atoms with van der Waals surface area (Å²) in [5, 5.41) is 10.3. The van der Waals surface area contributed by atoms with Gasteiger partial charge in [0.15, 0.2) is 0 Å². The molecule has 2 fully saturated rings. The summed E-state index contributed by atoms with van der Waals surface area (Å²) in [4.78, 5) is 25.9. The number of hydrogen-bond donors (Lipinski definition) is 2. The highest BCUT2D eigenvalue weighted by Gasteiger charge is 2.18. The van der Waals surface area contributed by atoms with Gasteiger partial charge >= 0.3 is 0 Å². The average Bonchev–Trinajstić information content (AvgIpc) is 3.26. The first-order valence-electron chi connectivity index (χ1n) is 8.59. The largest absolute Gasteiger partial charge is 0.378 e. The Balaban J connectivity index is 0.00000225. The number of hydrogen-bond acceptors (Lipinski definition) is 5.